The number of nitrogens with two attached hydrogens (primary N) is 2. The molecule has 0 bridgehead atoms. The molecule has 0 fully saturated rings. The predicted octanol–water partition coefficient (Wildman–Crippen LogP) is 1.03. The summed E-state index contributed by atoms with van der Waals surface area (Å²) in [7, 11) is -2.14. The minimum absolute atomic E-state index is 0.00620. The summed E-state index contributed by atoms with van der Waals surface area (Å²) in [5, 5.41) is 0. The highest BCUT2D eigenvalue weighted by Gasteiger charge is 2.24. The van der Waals surface area contributed by atoms with Crippen molar-refractivity contribution >= 4 is 21.6 Å². The Kier molecular flexibility index (Phi) is 5.13. The molecule has 1 amide bonds. The molecule has 1 atom stereocenters. The van der Waals surface area contributed by atoms with Gasteiger partial charge in [0.05, 0.1) is 5.69 Å². The van der Waals surface area contributed by atoms with E-state index in [1.807, 2.05) is 13.8 Å². The van der Waals surface area contributed by atoms with Gasteiger partial charge in [0.1, 0.15) is 4.90 Å². The van der Waals surface area contributed by atoms with Crippen molar-refractivity contribution in [2.75, 3.05) is 19.3 Å². The first kappa shape index (κ1) is 16.5. The molecule has 0 aliphatic rings. The first-order chi connectivity index (χ1) is 9.20. The second kappa shape index (κ2) is 6.23. The standard InChI is InChI=1S/C13H21N3O3S/c1-4-9(2)8-16(3)20(18,19)12-6-5-10(13(15)17)7-11(12)14/h5-7,9H,4,8,14H2,1-3H3,(H2,15,17). The van der Waals surface area contributed by atoms with Gasteiger partial charge >= 0.3 is 0 Å². The summed E-state index contributed by atoms with van der Waals surface area (Å²) in [5.41, 5.74) is 11.1. The van der Waals surface area contributed by atoms with E-state index in [0.29, 0.717) is 6.54 Å². The van der Waals surface area contributed by atoms with Crippen LogP contribution in [-0.2, 0) is 10.0 Å². The average molecular weight is 299 g/mol. The van der Waals surface area contributed by atoms with Crippen LogP contribution in [0.1, 0.15) is 30.6 Å². The lowest BCUT2D eigenvalue weighted by Crippen LogP contribution is -2.31. The summed E-state index contributed by atoms with van der Waals surface area (Å²) in [4.78, 5) is 11.0. The average Bonchev–Trinajstić information content (AvgIpc) is 2.37. The number of primary amides is 1. The normalized spacial score (nSPS) is 13.4. The zero-order valence-corrected chi connectivity index (χ0v) is 12.8. The molecule has 112 valence electrons. The van der Waals surface area contributed by atoms with Crippen molar-refractivity contribution in [1.82, 2.24) is 4.31 Å². The summed E-state index contributed by atoms with van der Waals surface area (Å²) in [6.07, 6.45) is 0.885. The first-order valence-corrected chi connectivity index (χ1v) is 7.79. The number of nitrogen functional groups attached to an aromatic ring is 1. The van der Waals surface area contributed by atoms with Crippen LogP contribution < -0.4 is 11.5 Å². The van der Waals surface area contributed by atoms with E-state index in [-0.39, 0.29) is 22.1 Å². The maximum Gasteiger partial charge on any atom is 0.248 e. The Hall–Kier alpha value is -1.60. The molecule has 0 radical (unpaired) electrons. The van der Waals surface area contributed by atoms with E-state index >= 15 is 0 Å². The Morgan fingerprint density at radius 1 is 1.40 bits per heavy atom. The number of nitrogens with zero attached hydrogens (tertiary/aromatic N) is 1. The number of hydrogen-bond acceptors (Lipinski definition) is 4. The zero-order valence-electron chi connectivity index (χ0n) is 12.0. The third kappa shape index (κ3) is 3.49. The largest absolute Gasteiger partial charge is 0.398 e. The fraction of sp³-hybridized carbons (Fsp3) is 0.462. The molecule has 0 aliphatic heterocycles. The summed E-state index contributed by atoms with van der Waals surface area (Å²) in [5.74, 6) is -0.394. The molecule has 0 aromatic heterocycles. The quantitative estimate of drug-likeness (QED) is 0.765. The van der Waals surface area contributed by atoms with Crippen molar-refractivity contribution in [2.24, 2.45) is 11.7 Å². The number of amides is 1. The second-order valence-electron chi connectivity index (χ2n) is 4.92. The fourth-order valence-corrected chi connectivity index (χ4v) is 3.15. The van der Waals surface area contributed by atoms with Crippen LogP contribution in [0.4, 0.5) is 5.69 Å². The molecule has 20 heavy (non-hydrogen) atoms. The van der Waals surface area contributed by atoms with Gasteiger partial charge < -0.3 is 11.5 Å². The molecule has 6 nitrogen and oxygen atoms in total. The Morgan fingerprint density at radius 3 is 2.45 bits per heavy atom. The molecule has 1 unspecified atom stereocenters. The third-order valence-corrected chi connectivity index (χ3v) is 5.15. The number of carbonyl (C=O) groups excluding carboxylic acids is 1. The molecule has 4 N–H and O–H groups in total. The van der Waals surface area contributed by atoms with Gasteiger partial charge in [-0.25, -0.2) is 12.7 Å². The van der Waals surface area contributed by atoms with E-state index in [1.165, 1.54) is 29.6 Å². The van der Waals surface area contributed by atoms with Crippen LogP contribution in [0, 0.1) is 5.92 Å². The van der Waals surface area contributed by atoms with Crippen LogP contribution in [-0.4, -0.2) is 32.2 Å². The molecule has 0 spiro atoms. The number of carbonyl (C=O) groups is 1. The maximum absolute atomic E-state index is 12.4. The SMILES string of the molecule is CCC(C)CN(C)S(=O)(=O)c1ccc(C(N)=O)cc1N. The zero-order chi connectivity index (χ0) is 15.5. The van der Waals surface area contributed by atoms with E-state index in [1.54, 1.807) is 0 Å². The minimum atomic E-state index is -3.66. The second-order valence-corrected chi connectivity index (χ2v) is 6.93. The molecule has 0 aliphatic carbocycles. The van der Waals surface area contributed by atoms with E-state index in [2.05, 4.69) is 0 Å². The van der Waals surface area contributed by atoms with Crippen molar-refractivity contribution in [1.29, 1.82) is 0 Å². The van der Waals surface area contributed by atoms with Gasteiger partial charge in [-0.2, -0.15) is 0 Å². The third-order valence-electron chi connectivity index (χ3n) is 3.25. The maximum atomic E-state index is 12.4. The van der Waals surface area contributed by atoms with Crippen LogP contribution in [0.3, 0.4) is 0 Å². The summed E-state index contributed by atoms with van der Waals surface area (Å²) in [6, 6.07) is 3.97. The summed E-state index contributed by atoms with van der Waals surface area (Å²) in [6.45, 7) is 4.39. The summed E-state index contributed by atoms with van der Waals surface area (Å²) >= 11 is 0. The molecular weight excluding hydrogens is 278 g/mol. The van der Waals surface area contributed by atoms with Gasteiger partial charge in [-0.1, -0.05) is 20.3 Å². The monoisotopic (exact) mass is 299 g/mol. The van der Waals surface area contributed by atoms with Crippen LogP contribution in [0.25, 0.3) is 0 Å². The van der Waals surface area contributed by atoms with Crippen molar-refractivity contribution in [3.05, 3.63) is 23.8 Å². The topological polar surface area (TPSA) is 106 Å². The summed E-state index contributed by atoms with van der Waals surface area (Å²) < 4.78 is 26.1. The van der Waals surface area contributed by atoms with E-state index in [9.17, 15) is 13.2 Å². The van der Waals surface area contributed by atoms with Crippen molar-refractivity contribution in [2.45, 2.75) is 25.2 Å². The van der Waals surface area contributed by atoms with Crippen LogP contribution in [0.15, 0.2) is 23.1 Å². The van der Waals surface area contributed by atoms with Gasteiger partial charge in [0, 0.05) is 19.2 Å². The molecule has 0 saturated carbocycles. The fourth-order valence-electron chi connectivity index (χ4n) is 1.77. The van der Waals surface area contributed by atoms with E-state index < -0.39 is 15.9 Å². The van der Waals surface area contributed by atoms with Gasteiger partial charge in [-0.15, -0.1) is 0 Å². The smallest absolute Gasteiger partial charge is 0.248 e. The van der Waals surface area contributed by atoms with Gasteiger partial charge in [0.2, 0.25) is 15.9 Å². The highest BCUT2D eigenvalue weighted by atomic mass is 32.2. The highest BCUT2D eigenvalue weighted by Crippen LogP contribution is 2.23. The van der Waals surface area contributed by atoms with Crippen molar-refractivity contribution in [3.8, 4) is 0 Å². The Labute approximate surface area is 119 Å². The number of benzene rings is 1. The predicted molar refractivity (Wildman–Crippen MR) is 78.6 cm³/mol. The van der Waals surface area contributed by atoms with Crippen LogP contribution in [0.2, 0.25) is 0 Å². The molecular formula is C13H21N3O3S. The minimum Gasteiger partial charge on any atom is -0.398 e. The van der Waals surface area contributed by atoms with Crippen molar-refractivity contribution < 1.29 is 13.2 Å². The number of anilines is 1. The molecule has 7 heteroatoms. The van der Waals surface area contributed by atoms with E-state index in [0.717, 1.165) is 6.42 Å². The Balaban J connectivity index is 3.13. The lowest BCUT2D eigenvalue weighted by atomic mass is 10.1. The molecule has 1 aromatic rings. The molecule has 1 aromatic carbocycles. The van der Waals surface area contributed by atoms with Crippen LogP contribution in [0.5, 0.6) is 0 Å². The van der Waals surface area contributed by atoms with Crippen LogP contribution >= 0.6 is 0 Å². The molecule has 1 rings (SSSR count). The lowest BCUT2D eigenvalue weighted by Gasteiger charge is -2.21. The Bertz CT molecular complexity index is 599. The van der Waals surface area contributed by atoms with Gasteiger partial charge in [-0.3, -0.25) is 4.79 Å². The first-order valence-electron chi connectivity index (χ1n) is 6.35. The number of hydrogen-bond donors (Lipinski definition) is 2. The van der Waals surface area contributed by atoms with Crippen molar-refractivity contribution in [3.63, 3.8) is 0 Å². The number of sulfonamides is 1. The molecule has 0 heterocycles. The van der Waals surface area contributed by atoms with E-state index in [4.69, 9.17) is 11.5 Å². The number of rotatable bonds is 6. The van der Waals surface area contributed by atoms with Gasteiger partial charge in [-0.05, 0) is 24.1 Å². The van der Waals surface area contributed by atoms with Gasteiger partial charge in [0.15, 0.2) is 0 Å². The highest BCUT2D eigenvalue weighted by molar-refractivity contribution is 7.89. The van der Waals surface area contributed by atoms with Gasteiger partial charge in [0.25, 0.3) is 0 Å². The molecule has 0 saturated heterocycles. The lowest BCUT2D eigenvalue weighted by molar-refractivity contribution is 0.1000. The Morgan fingerprint density at radius 2 is 2.00 bits per heavy atom.